The fourth-order valence-electron chi connectivity index (χ4n) is 3.69. The van der Waals surface area contributed by atoms with Gasteiger partial charge in [-0.05, 0) is 49.8 Å². The summed E-state index contributed by atoms with van der Waals surface area (Å²) in [6.45, 7) is 1.88. The Morgan fingerprint density at radius 3 is 2.23 bits per heavy atom. The van der Waals surface area contributed by atoms with Crippen molar-refractivity contribution in [2.24, 2.45) is 10.8 Å². The van der Waals surface area contributed by atoms with Gasteiger partial charge < -0.3 is 4.74 Å². The highest BCUT2D eigenvalue weighted by atomic mass is 19.4. The maximum absolute atomic E-state index is 14.2. The number of benzene rings is 1. The molecule has 0 amide bonds. The van der Waals surface area contributed by atoms with Gasteiger partial charge in [-0.3, -0.25) is 0 Å². The van der Waals surface area contributed by atoms with E-state index in [4.69, 9.17) is 4.74 Å². The molecule has 0 unspecified atom stereocenters. The zero-order chi connectivity index (χ0) is 19.2. The van der Waals surface area contributed by atoms with Crippen LogP contribution < -0.4 is 4.74 Å². The number of allylic oxidation sites excluding steroid dienone is 1. The van der Waals surface area contributed by atoms with Gasteiger partial charge in [0.2, 0.25) is 5.82 Å². The first kappa shape index (κ1) is 19.1. The van der Waals surface area contributed by atoms with Gasteiger partial charge in [0.15, 0.2) is 11.6 Å². The van der Waals surface area contributed by atoms with Crippen LogP contribution in [0.15, 0.2) is 24.0 Å². The highest BCUT2D eigenvalue weighted by Crippen LogP contribution is 2.56. The molecule has 1 saturated carbocycles. The van der Waals surface area contributed by atoms with Gasteiger partial charge in [0.25, 0.3) is 0 Å². The molecule has 0 radical (unpaired) electrons. The third-order valence-electron chi connectivity index (χ3n) is 5.68. The number of aryl methyl sites for hydroxylation is 1. The van der Waals surface area contributed by atoms with Crippen LogP contribution in [0, 0.1) is 22.5 Å². The summed E-state index contributed by atoms with van der Waals surface area (Å²) in [5.41, 5.74) is -1.32. The molecule has 0 N–H and O–H groups in total. The smallest absolute Gasteiger partial charge is 0.389 e. The lowest BCUT2D eigenvalue weighted by atomic mass is 9.58. The van der Waals surface area contributed by atoms with Crippen molar-refractivity contribution in [3.8, 4) is 5.75 Å². The second-order valence-corrected chi connectivity index (χ2v) is 7.67. The van der Waals surface area contributed by atoms with Gasteiger partial charge in [-0.15, -0.1) is 0 Å². The summed E-state index contributed by atoms with van der Waals surface area (Å²) in [4.78, 5) is 0. The monoisotopic (exact) mass is 378 g/mol. The largest absolute Gasteiger partial charge is 0.489 e. The van der Waals surface area contributed by atoms with Crippen molar-refractivity contribution in [1.82, 2.24) is 0 Å². The lowest BCUT2D eigenvalue weighted by Crippen LogP contribution is -2.41. The summed E-state index contributed by atoms with van der Waals surface area (Å²) < 4.78 is 84.5. The van der Waals surface area contributed by atoms with Crippen molar-refractivity contribution in [1.29, 1.82) is 0 Å². The van der Waals surface area contributed by atoms with E-state index < -0.39 is 41.5 Å². The van der Waals surface area contributed by atoms with Crippen molar-refractivity contribution < 1.29 is 31.1 Å². The normalized spacial score (nSPS) is 28.2. The third kappa shape index (κ3) is 3.71. The number of hydrogen-bond acceptors (Lipinski definition) is 1. The molecule has 26 heavy (non-hydrogen) atoms. The molecule has 2 bridgehead atoms. The summed E-state index contributed by atoms with van der Waals surface area (Å²) in [7, 11) is 0. The van der Waals surface area contributed by atoms with E-state index in [2.05, 4.69) is 0 Å². The zero-order valence-electron chi connectivity index (χ0n) is 14.4. The number of ether oxygens (including phenoxy) is 1. The van der Waals surface area contributed by atoms with Gasteiger partial charge in [-0.25, -0.2) is 8.78 Å². The Hall–Kier alpha value is -1.66. The first-order valence-corrected chi connectivity index (χ1v) is 8.59. The molecule has 4 rings (SSSR count). The summed E-state index contributed by atoms with van der Waals surface area (Å²) in [6.07, 6.45) is -2.03. The molecule has 3 aliphatic carbocycles. The number of hydrogen-bond donors (Lipinski definition) is 0. The highest BCUT2D eigenvalue weighted by molar-refractivity contribution is 5.32. The Labute approximate surface area is 148 Å². The van der Waals surface area contributed by atoms with Gasteiger partial charge in [0.1, 0.15) is 5.83 Å². The molecule has 1 fully saturated rings. The molecule has 1 nitrogen and oxygen atoms in total. The van der Waals surface area contributed by atoms with E-state index in [1.165, 1.54) is 6.08 Å². The van der Waals surface area contributed by atoms with E-state index in [1.54, 1.807) is 0 Å². The molecule has 1 aromatic rings. The van der Waals surface area contributed by atoms with Gasteiger partial charge in [0, 0.05) is 17.3 Å². The second-order valence-electron chi connectivity index (χ2n) is 7.67. The second kappa shape index (κ2) is 6.50. The summed E-state index contributed by atoms with van der Waals surface area (Å²) in [5, 5.41) is 0. The van der Waals surface area contributed by atoms with Crippen LogP contribution in [0.5, 0.6) is 5.75 Å². The van der Waals surface area contributed by atoms with E-state index in [0.717, 1.165) is 12.1 Å². The topological polar surface area (TPSA) is 9.23 Å². The third-order valence-corrected chi connectivity index (χ3v) is 5.68. The minimum absolute atomic E-state index is 0.00869. The summed E-state index contributed by atoms with van der Waals surface area (Å²) >= 11 is 0. The van der Waals surface area contributed by atoms with Gasteiger partial charge in [-0.2, -0.15) is 17.6 Å². The average Bonchev–Trinajstić information content (AvgIpc) is 2.56. The fraction of sp³-hybridized carbons (Fsp3) is 0.579. The standard InChI is InChI=1S/C19H20F6O/c1-17-6-8-18(9-7-17,10-14(17)20)11-26-13-3-2-12(15(21)16(13)22)4-5-19(23,24)25/h2-3,10H,4-9,11H2,1H3. The van der Waals surface area contributed by atoms with Crippen LogP contribution in [0.25, 0.3) is 0 Å². The molecule has 0 saturated heterocycles. The number of halogens is 6. The lowest BCUT2D eigenvalue weighted by molar-refractivity contribution is -0.134. The van der Waals surface area contributed by atoms with Gasteiger partial charge >= 0.3 is 6.18 Å². The van der Waals surface area contributed by atoms with E-state index >= 15 is 0 Å². The molecular weight excluding hydrogens is 358 g/mol. The Kier molecular flexibility index (Phi) is 4.78. The zero-order valence-corrected chi connectivity index (χ0v) is 14.4. The Morgan fingerprint density at radius 1 is 1.00 bits per heavy atom. The molecule has 1 aromatic carbocycles. The van der Waals surface area contributed by atoms with Crippen LogP contribution in [-0.2, 0) is 6.42 Å². The average molecular weight is 378 g/mol. The maximum Gasteiger partial charge on any atom is 0.389 e. The van der Waals surface area contributed by atoms with E-state index in [0.29, 0.717) is 25.7 Å². The molecular formula is C19H20F6O. The molecule has 0 heterocycles. The lowest BCUT2D eigenvalue weighted by Gasteiger charge is -2.48. The van der Waals surface area contributed by atoms with Crippen molar-refractivity contribution in [3.63, 3.8) is 0 Å². The number of rotatable bonds is 5. The Balaban J connectivity index is 1.70. The van der Waals surface area contributed by atoms with Crippen LogP contribution in [0.4, 0.5) is 26.3 Å². The molecule has 0 aliphatic heterocycles. The van der Waals surface area contributed by atoms with Crippen LogP contribution in [0.1, 0.15) is 44.6 Å². The number of alkyl halides is 3. The molecule has 7 heteroatoms. The molecule has 0 spiro atoms. The predicted octanol–water partition coefficient (Wildman–Crippen LogP) is 6.27. The van der Waals surface area contributed by atoms with Crippen molar-refractivity contribution >= 4 is 0 Å². The molecule has 0 aromatic heterocycles. The van der Waals surface area contributed by atoms with Crippen molar-refractivity contribution in [2.75, 3.05) is 6.61 Å². The predicted molar refractivity (Wildman–Crippen MR) is 84.4 cm³/mol. The van der Waals surface area contributed by atoms with Crippen molar-refractivity contribution in [3.05, 3.63) is 41.2 Å². The van der Waals surface area contributed by atoms with E-state index in [1.807, 2.05) is 6.92 Å². The van der Waals surface area contributed by atoms with E-state index in [-0.39, 0.29) is 23.7 Å². The van der Waals surface area contributed by atoms with Crippen LogP contribution >= 0.6 is 0 Å². The quantitative estimate of drug-likeness (QED) is 0.549. The van der Waals surface area contributed by atoms with Gasteiger partial charge in [0.05, 0.1) is 6.61 Å². The fourth-order valence-corrected chi connectivity index (χ4v) is 3.69. The minimum Gasteiger partial charge on any atom is -0.489 e. The maximum atomic E-state index is 14.2. The molecule has 0 atom stereocenters. The Morgan fingerprint density at radius 2 is 1.65 bits per heavy atom. The molecule has 3 aliphatic rings. The van der Waals surface area contributed by atoms with Gasteiger partial charge in [-0.1, -0.05) is 13.0 Å². The first-order valence-electron chi connectivity index (χ1n) is 8.59. The number of fused-ring (bicyclic) bond motifs is 2. The van der Waals surface area contributed by atoms with E-state index in [9.17, 15) is 26.3 Å². The minimum atomic E-state index is -4.44. The first-order chi connectivity index (χ1) is 12.0. The highest BCUT2D eigenvalue weighted by Gasteiger charge is 2.47. The summed E-state index contributed by atoms with van der Waals surface area (Å²) in [5.74, 6) is -3.18. The summed E-state index contributed by atoms with van der Waals surface area (Å²) in [6, 6.07) is 2.24. The SMILES string of the molecule is CC12CCC(COc3ccc(CCC(F)(F)F)c(F)c3F)(C=C1F)CC2. The van der Waals surface area contributed by atoms with Crippen LogP contribution in [-0.4, -0.2) is 12.8 Å². The molecule has 144 valence electrons. The Bertz CT molecular complexity index is 713. The van der Waals surface area contributed by atoms with Crippen LogP contribution in [0.2, 0.25) is 0 Å². The van der Waals surface area contributed by atoms with Crippen molar-refractivity contribution in [2.45, 2.75) is 51.6 Å². The van der Waals surface area contributed by atoms with Crippen LogP contribution in [0.3, 0.4) is 0 Å².